The van der Waals surface area contributed by atoms with E-state index in [1.54, 1.807) is 0 Å². The fourth-order valence-electron chi connectivity index (χ4n) is 1.54. The first-order valence-electron chi connectivity index (χ1n) is 5.70. The van der Waals surface area contributed by atoms with Gasteiger partial charge in [-0.15, -0.1) is 6.58 Å². The first-order chi connectivity index (χ1) is 7.77. The molecular weight excluding hydrogens is 218 g/mol. The minimum absolute atomic E-state index is 0.906. The van der Waals surface area contributed by atoms with E-state index in [2.05, 4.69) is 34.7 Å². The van der Waals surface area contributed by atoms with Gasteiger partial charge in [0.25, 0.3) is 0 Å². The smallest absolute Gasteiger partial charge is 0.0597 e. The lowest BCUT2D eigenvalue weighted by molar-refractivity contribution is 0.588. The molecule has 0 fully saturated rings. The highest BCUT2D eigenvalue weighted by atomic mass is 32.2. The standard InChI is InChI=1S/C12H21N3S/c1-4-7-16-8-6-13-10-12-9-11(3)14-15(12)5-2/h4,9,13H,1,5-8,10H2,2-3H3. The SMILES string of the molecule is C=CCSCCNCc1cc(C)nn1CC. The van der Waals surface area contributed by atoms with Gasteiger partial charge in [-0.05, 0) is 19.9 Å². The van der Waals surface area contributed by atoms with Gasteiger partial charge in [0.15, 0.2) is 0 Å². The summed E-state index contributed by atoms with van der Waals surface area (Å²) in [6, 6.07) is 2.15. The van der Waals surface area contributed by atoms with E-state index >= 15 is 0 Å². The minimum Gasteiger partial charge on any atom is -0.310 e. The lowest BCUT2D eigenvalue weighted by atomic mass is 10.3. The highest BCUT2D eigenvalue weighted by Gasteiger charge is 2.02. The number of hydrogen-bond acceptors (Lipinski definition) is 3. The third-order valence-electron chi connectivity index (χ3n) is 2.25. The van der Waals surface area contributed by atoms with Gasteiger partial charge < -0.3 is 5.32 Å². The fraction of sp³-hybridized carbons (Fsp3) is 0.583. The second kappa shape index (κ2) is 7.52. The zero-order chi connectivity index (χ0) is 11.8. The van der Waals surface area contributed by atoms with Gasteiger partial charge in [0.2, 0.25) is 0 Å². The Morgan fingerprint density at radius 3 is 3.12 bits per heavy atom. The molecule has 0 aromatic carbocycles. The predicted octanol–water partition coefficient (Wildman–Crippen LogP) is 2.22. The molecule has 0 atom stereocenters. The second-order valence-electron chi connectivity index (χ2n) is 3.63. The first kappa shape index (κ1) is 13.3. The Morgan fingerprint density at radius 1 is 1.62 bits per heavy atom. The van der Waals surface area contributed by atoms with Crippen LogP contribution in [0, 0.1) is 6.92 Å². The molecule has 3 nitrogen and oxygen atoms in total. The Labute approximate surface area is 102 Å². The third-order valence-corrected chi connectivity index (χ3v) is 3.21. The van der Waals surface area contributed by atoms with E-state index in [0.29, 0.717) is 0 Å². The van der Waals surface area contributed by atoms with E-state index in [1.807, 2.05) is 24.8 Å². The Hall–Kier alpha value is -0.740. The van der Waals surface area contributed by atoms with E-state index < -0.39 is 0 Å². The lowest BCUT2D eigenvalue weighted by Crippen LogP contribution is -2.19. The molecule has 0 unspecified atom stereocenters. The van der Waals surface area contributed by atoms with E-state index in [4.69, 9.17) is 0 Å². The molecule has 1 heterocycles. The van der Waals surface area contributed by atoms with Crippen molar-refractivity contribution in [3.05, 3.63) is 30.1 Å². The summed E-state index contributed by atoms with van der Waals surface area (Å²) in [4.78, 5) is 0. The van der Waals surface area contributed by atoms with Crippen LogP contribution in [0.4, 0.5) is 0 Å². The topological polar surface area (TPSA) is 29.9 Å². The van der Waals surface area contributed by atoms with E-state index in [1.165, 1.54) is 5.69 Å². The van der Waals surface area contributed by atoms with Crippen LogP contribution >= 0.6 is 11.8 Å². The second-order valence-corrected chi connectivity index (χ2v) is 4.78. The van der Waals surface area contributed by atoms with Crippen LogP contribution in [0.5, 0.6) is 0 Å². The number of thioether (sulfide) groups is 1. The quantitative estimate of drug-likeness (QED) is 0.557. The molecule has 1 N–H and O–H groups in total. The van der Waals surface area contributed by atoms with Crippen LogP contribution < -0.4 is 5.32 Å². The van der Waals surface area contributed by atoms with Crippen molar-refractivity contribution < 1.29 is 0 Å². The van der Waals surface area contributed by atoms with Gasteiger partial charge in [0.1, 0.15) is 0 Å². The van der Waals surface area contributed by atoms with Gasteiger partial charge in [0.05, 0.1) is 11.4 Å². The van der Waals surface area contributed by atoms with Gasteiger partial charge in [-0.3, -0.25) is 4.68 Å². The predicted molar refractivity (Wildman–Crippen MR) is 71.9 cm³/mol. The summed E-state index contributed by atoms with van der Waals surface area (Å²) in [5, 5.41) is 7.85. The van der Waals surface area contributed by atoms with Crippen LogP contribution in [0.1, 0.15) is 18.3 Å². The largest absolute Gasteiger partial charge is 0.310 e. The number of aryl methyl sites for hydroxylation is 2. The minimum atomic E-state index is 0.906. The molecule has 1 rings (SSSR count). The zero-order valence-electron chi connectivity index (χ0n) is 10.2. The van der Waals surface area contributed by atoms with Gasteiger partial charge in [-0.2, -0.15) is 16.9 Å². The maximum absolute atomic E-state index is 4.42. The number of hydrogen-bond donors (Lipinski definition) is 1. The fourth-order valence-corrected chi connectivity index (χ4v) is 2.16. The molecule has 0 bridgehead atoms. The Kier molecular flexibility index (Phi) is 6.26. The molecule has 0 radical (unpaired) electrons. The molecular formula is C12H21N3S. The number of nitrogens with zero attached hydrogens (tertiary/aromatic N) is 2. The molecule has 16 heavy (non-hydrogen) atoms. The molecule has 4 heteroatoms. The molecule has 0 spiro atoms. The van der Waals surface area contributed by atoms with E-state index in [0.717, 1.165) is 36.8 Å². The van der Waals surface area contributed by atoms with E-state index in [9.17, 15) is 0 Å². The first-order valence-corrected chi connectivity index (χ1v) is 6.86. The van der Waals surface area contributed by atoms with Crippen molar-refractivity contribution >= 4 is 11.8 Å². The van der Waals surface area contributed by atoms with Crippen LogP contribution in [0.2, 0.25) is 0 Å². The van der Waals surface area contributed by atoms with Gasteiger partial charge in [0, 0.05) is 31.1 Å². The van der Waals surface area contributed by atoms with Crippen LogP contribution in [0.3, 0.4) is 0 Å². The van der Waals surface area contributed by atoms with Gasteiger partial charge in [-0.1, -0.05) is 6.08 Å². The maximum Gasteiger partial charge on any atom is 0.0597 e. The summed E-state index contributed by atoms with van der Waals surface area (Å²) in [5.74, 6) is 2.17. The normalized spacial score (nSPS) is 10.6. The average molecular weight is 239 g/mol. The summed E-state index contributed by atoms with van der Waals surface area (Å²) in [7, 11) is 0. The molecule has 0 saturated carbocycles. The molecule has 1 aromatic heterocycles. The van der Waals surface area contributed by atoms with E-state index in [-0.39, 0.29) is 0 Å². The van der Waals surface area contributed by atoms with Gasteiger partial charge in [-0.25, -0.2) is 0 Å². The average Bonchev–Trinajstić information content (AvgIpc) is 2.64. The van der Waals surface area contributed by atoms with Crippen molar-refractivity contribution in [1.29, 1.82) is 0 Å². The summed E-state index contributed by atoms with van der Waals surface area (Å²) in [5.41, 5.74) is 2.37. The van der Waals surface area contributed by atoms with Crippen LogP contribution in [-0.2, 0) is 13.1 Å². The Morgan fingerprint density at radius 2 is 2.44 bits per heavy atom. The number of aromatic nitrogens is 2. The molecule has 90 valence electrons. The van der Waals surface area contributed by atoms with Crippen molar-refractivity contribution in [2.24, 2.45) is 0 Å². The van der Waals surface area contributed by atoms with Crippen LogP contribution in [0.25, 0.3) is 0 Å². The van der Waals surface area contributed by atoms with Crippen LogP contribution in [-0.4, -0.2) is 27.8 Å². The highest BCUT2D eigenvalue weighted by Crippen LogP contribution is 2.03. The monoisotopic (exact) mass is 239 g/mol. The number of nitrogens with one attached hydrogen (secondary N) is 1. The summed E-state index contributed by atoms with van der Waals surface area (Å²) >= 11 is 1.90. The van der Waals surface area contributed by atoms with Crippen molar-refractivity contribution in [2.75, 3.05) is 18.1 Å². The van der Waals surface area contributed by atoms with Crippen molar-refractivity contribution in [3.8, 4) is 0 Å². The summed E-state index contributed by atoms with van der Waals surface area (Å²) < 4.78 is 2.05. The Bertz CT molecular complexity index is 320. The summed E-state index contributed by atoms with van der Waals surface area (Å²) in [6.07, 6.45) is 1.94. The van der Waals surface area contributed by atoms with Crippen molar-refractivity contribution in [1.82, 2.24) is 15.1 Å². The zero-order valence-corrected chi connectivity index (χ0v) is 11.0. The number of rotatable bonds is 8. The highest BCUT2D eigenvalue weighted by molar-refractivity contribution is 7.99. The molecule has 0 aliphatic heterocycles. The van der Waals surface area contributed by atoms with Crippen molar-refractivity contribution in [2.45, 2.75) is 26.9 Å². The molecule has 0 saturated heterocycles. The molecule has 0 amide bonds. The summed E-state index contributed by atoms with van der Waals surface area (Å²) in [6.45, 7) is 10.7. The molecule has 0 aliphatic rings. The van der Waals surface area contributed by atoms with Crippen molar-refractivity contribution in [3.63, 3.8) is 0 Å². The molecule has 0 aliphatic carbocycles. The molecule has 1 aromatic rings. The van der Waals surface area contributed by atoms with Crippen LogP contribution in [0.15, 0.2) is 18.7 Å². The Balaban J connectivity index is 2.23. The maximum atomic E-state index is 4.42. The lowest BCUT2D eigenvalue weighted by Gasteiger charge is -2.06. The third kappa shape index (κ3) is 4.41. The van der Waals surface area contributed by atoms with Gasteiger partial charge >= 0.3 is 0 Å².